The lowest BCUT2D eigenvalue weighted by molar-refractivity contribution is -0.121. The number of carbonyl (C=O) groups is 2. The second-order valence-electron chi connectivity index (χ2n) is 6.44. The number of hydrogen-bond acceptors (Lipinski definition) is 2. The maximum Gasteiger partial charge on any atom is 0.240 e. The average Bonchev–Trinajstić information content (AvgIpc) is 2.98. The minimum atomic E-state index is -0.333. The van der Waals surface area contributed by atoms with Crippen LogP contribution in [-0.2, 0) is 17.9 Å². The number of amides is 1. The van der Waals surface area contributed by atoms with Gasteiger partial charge in [-0.05, 0) is 43.2 Å². The molecule has 0 spiro atoms. The van der Waals surface area contributed by atoms with Crippen molar-refractivity contribution in [1.82, 2.24) is 9.88 Å². The normalized spacial score (nSPS) is 10.6. The van der Waals surface area contributed by atoms with Gasteiger partial charge in [-0.2, -0.15) is 0 Å². The SMILES string of the molecule is CC(=O)c1cc(-c2ccccc2)n(CC(=O)NCc2cccc(F)c2)c1C. The first-order valence-electron chi connectivity index (χ1n) is 8.73. The molecule has 2 aromatic carbocycles. The predicted octanol–water partition coefficient (Wildman–Crippen LogP) is 4.12. The van der Waals surface area contributed by atoms with E-state index in [1.54, 1.807) is 12.1 Å². The molecule has 138 valence electrons. The van der Waals surface area contributed by atoms with Gasteiger partial charge in [-0.25, -0.2) is 4.39 Å². The van der Waals surface area contributed by atoms with E-state index in [0.717, 1.165) is 17.0 Å². The van der Waals surface area contributed by atoms with Crippen molar-refractivity contribution < 1.29 is 14.0 Å². The molecule has 0 unspecified atom stereocenters. The first-order valence-corrected chi connectivity index (χ1v) is 8.73. The van der Waals surface area contributed by atoms with Crippen molar-refractivity contribution >= 4 is 11.7 Å². The molecule has 5 heteroatoms. The van der Waals surface area contributed by atoms with Crippen molar-refractivity contribution in [3.8, 4) is 11.3 Å². The fraction of sp³-hybridized carbons (Fsp3) is 0.182. The third-order valence-corrected chi connectivity index (χ3v) is 4.50. The summed E-state index contributed by atoms with van der Waals surface area (Å²) in [7, 11) is 0. The Hall–Kier alpha value is -3.21. The van der Waals surface area contributed by atoms with Gasteiger partial charge in [0.15, 0.2) is 5.78 Å². The maximum atomic E-state index is 13.3. The van der Waals surface area contributed by atoms with Crippen LogP contribution in [0.1, 0.15) is 28.5 Å². The molecule has 1 N–H and O–H groups in total. The molecule has 4 nitrogen and oxygen atoms in total. The van der Waals surface area contributed by atoms with E-state index in [9.17, 15) is 14.0 Å². The summed E-state index contributed by atoms with van der Waals surface area (Å²) < 4.78 is 15.1. The van der Waals surface area contributed by atoms with Crippen LogP contribution in [0.2, 0.25) is 0 Å². The van der Waals surface area contributed by atoms with Gasteiger partial charge in [0.25, 0.3) is 0 Å². The molecule has 0 radical (unpaired) electrons. The summed E-state index contributed by atoms with van der Waals surface area (Å²) in [4.78, 5) is 24.4. The number of aromatic nitrogens is 1. The van der Waals surface area contributed by atoms with Crippen molar-refractivity contribution in [2.45, 2.75) is 26.9 Å². The van der Waals surface area contributed by atoms with Crippen LogP contribution in [0.15, 0.2) is 60.7 Å². The molecule has 0 saturated carbocycles. The van der Waals surface area contributed by atoms with Gasteiger partial charge < -0.3 is 9.88 Å². The Morgan fingerprint density at radius 2 is 1.78 bits per heavy atom. The molecular formula is C22H21FN2O2. The van der Waals surface area contributed by atoms with Gasteiger partial charge in [-0.3, -0.25) is 9.59 Å². The highest BCUT2D eigenvalue weighted by molar-refractivity contribution is 5.97. The number of carbonyl (C=O) groups excluding carboxylic acids is 2. The van der Waals surface area contributed by atoms with Gasteiger partial charge in [0, 0.05) is 23.5 Å². The molecule has 1 amide bonds. The van der Waals surface area contributed by atoms with E-state index < -0.39 is 0 Å². The summed E-state index contributed by atoms with van der Waals surface area (Å²) in [5.41, 5.74) is 3.81. The monoisotopic (exact) mass is 364 g/mol. The Labute approximate surface area is 157 Å². The summed E-state index contributed by atoms with van der Waals surface area (Å²) in [6.45, 7) is 3.68. The number of nitrogens with one attached hydrogen (secondary N) is 1. The van der Waals surface area contributed by atoms with Crippen LogP contribution < -0.4 is 5.32 Å². The van der Waals surface area contributed by atoms with Crippen LogP contribution in [-0.4, -0.2) is 16.3 Å². The summed E-state index contributed by atoms with van der Waals surface area (Å²) in [5, 5.41) is 2.81. The molecule has 1 heterocycles. The Morgan fingerprint density at radius 1 is 1.04 bits per heavy atom. The van der Waals surface area contributed by atoms with E-state index in [4.69, 9.17) is 0 Å². The Kier molecular flexibility index (Phi) is 5.50. The van der Waals surface area contributed by atoms with Crippen molar-refractivity contribution in [2.75, 3.05) is 0 Å². The standard InChI is InChI=1S/C22H21FN2O2/c1-15-20(16(2)26)12-21(18-8-4-3-5-9-18)25(15)14-22(27)24-13-17-7-6-10-19(23)11-17/h3-12H,13-14H2,1-2H3,(H,24,27). The topological polar surface area (TPSA) is 51.1 Å². The Balaban J connectivity index is 1.82. The number of ketones is 1. The lowest BCUT2D eigenvalue weighted by Crippen LogP contribution is -2.27. The highest BCUT2D eigenvalue weighted by Gasteiger charge is 2.17. The van der Waals surface area contributed by atoms with Crippen LogP contribution in [0.4, 0.5) is 4.39 Å². The second kappa shape index (κ2) is 7.99. The van der Waals surface area contributed by atoms with E-state index in [1.807, 2.05) is 47.9 Å². The number of halogens is 1. The minimum absolute atomic E-state index is 0.0383. The van der Waals surface area contributed by atoms with Gasteiger partial charge in [-0.15, -0.1) is 0 Å². The Bertz CT molecular complexity index is 977. The fourth-order valence-electron chi connectivity index (χ4n) is 3.10. The zero-order chi connectivity index (χ0) is 19.4. The molecule has 1 aromatic heterocycles. The molecular weight excluding hydrogens is 343 g/mol. The Morgan fingerprint density at radius 3 is 2.44 bits per heavy atom. The van der Waals surface area contributed by atoms with Crippen molar-refractivity contribution in [3.63, 3.8) is 0 Å². The lowest BCUT2D eigenvalue weighted by atomic mass is 10.1. The number of rotatable bonds is 6. The average molecular weight is 364 g/mol. The zero-order valence-electron chi connectivity index (χ0n) is 15.3. The van der Waals surface area contributed by atoms with Crippen molar-refractivity contribution in [2.24, 2.45) is 0 Å². The molecule has 0 aliphatic rings. The number of nitrogens with zero attached hydrogens (tertiary/aromatic N) is 1. The van der Waals surface area contributed by atoms with E-state index in [2.05, 4.69) is 5.32 Å². The van der Waals surface area contributed by atoms with Crippen LogP contribution in [0, 0.1) is 12.7 Å². The molecule has 0 fully saturated rings. The molecule has 3 aromatic rings. The third-order valence-electron chi connectivity index (χ3n) is 4.50. The van der Waals surface area contributed by atoms with Gasteiger partial charge in [0.2, 0.25) is 5.91 Å². The van der Waals surface area contributed by atoms with E-state index in [1.165, 1.54) is 19.1 Å². The van der Waals surface area contributed by atoms with Gasteiger partial charge in [-0.1, -0.05) is 42.5 Å². The van der Waals surface area contributed by atoms with Gasteiger partial charge >= 0.3 is 0 Å². The van der Waals surface area contributed by atoms with Crippen LogP contribution in [0.5, 0.6) is 0 Å². The minimum Gasteiger partial charge on any atom is -0.350 e. The van der Waals surface area contributed by atoms with Gasteiger partial charge in [0.05, 0.1) is 0 Å². The molecule has 0 aliphatic carbocycles. The molecule has 0 aliphatic heterocycles. The fourth-order valence-corrected chi connectivity index (χ4v) is 3.10. The van der Waals surface area contributed by atoms with Gasteiger partial charge in [0.1, 0.15) is 12.4 Å². The van der Waals surface area contributed by atoms with Crippen LogP contribution >= 0.6 is 0 Å². The quantitative estimate of drug-likeness (QED) is 0.669. The first kappa shape index (κ1) is 18.6. The smallest absolute Gasteiger partial charge is 0.240 e. The highest BCUT2D eigenvalue weighted by atomic mass is 19.1. The number of hydrogen-bond donors (Lipinski definition) is 1. The van der Waals surface area contributed by atoms with Crippen molar-refractivity contribution in [1.29, 1.82) is 0 Å². The van der Waals surface area contributed by atoms with E-state index in [-0.39, 0.29) is 30.6 Å². The molecule has 0 saturated heterocycles. The lowest BCUT2D eigenvalue weighted by Gasteiger charge is -2.12. The third kappa shape index (κ3) is 4.31. The summed E-state index contributed by atoms with van der Waals surface area (Å²) in [5.74, 6) is -0.575. The van der Waals surface area contributed by atoms with Crippen molar-refractivity contribution in [3.05, 3.63) is 83.3 Å². The first-order chi connectivity index (χ1) is 13.0. The molecule has 27 heavy (non-hydrogen) atoms. The summed E-state index contributed by atoms with van der Waals surface area (Å²) >= 11 is 0. The van der Waals surface area contributed by atoms with Crippen LogP contribution in [0.3, 0.4) is 0 Å². The largest absolute Gasteiger partial charge is 0.350 e. The number of Topliss-reactive ketones (excluding diaryl/α,β-unsaturated/α-hetero) is 1. The zero-order valence-corrected chi connectivity index (χ0v) is 15.3. The summed E-state index contributed by atoms with van der Waals surface area (Å²) in [6.07, 6.45) is 0. The summed E-state index contributed by atoms with van der Waals surface area (Å²) in [6, 6.07) is 17.6. The second-order valence-corrected chi connectivity index (χ2v) is 6.44. The predicted molar refractivity (Wildman–Crippen MR) is 103 cm³/mol. The number of benzene rings is 2. The molecule has 3 rings (SSSR count). The van der Waals surface area contributed by atoms with E-state index >= 15 is 0 Å². The highest BCUT2D eigenvalue weighted by Crippen LogP contribution is 2.26. The molecule has 0 atom stereocenters. The van der Waals surface area contributed by atoms with Crippen LogP contribution in [0.25, 0.3) is 11.3 Å². The maximum absolute atomic E-state index is 13.3. The van der Waals surface area contributed by atoms with E-state index in [0.29, 0.717) is 11.1 Å². The molecule has 0 bridgehead atoms.